The predicted molar refractivity (Wildman–Crippen MR) is 62.2 cm³/mol. The van der Waals surface area contributed by atoms with Gasteiger partial charge < -0.3 is 9.84 Å². The number of rotatable bonds is 9. The van der Waals surface area contributed by atoms with Gasteiger partial charge in [-0.1, -0.05) is 0 Å². The van der Waals surface area contributed by atoms with Gasteiger partial charge in [-0.15, -0.1) is 0 Å². The monoisotopic (exact) mass is 265 g/mol. The van der Waals surface area contributed by atoms with E-state index in [9.17, 15) is 13.2 Å². The summed E-state index contributed by atoms with van der Waals surface area (Å²) in [4.78, 5) is 10.3. The van der Waals surface area contributed by atoms with Crippen molar-refractivity contribution in [2.24, 2.45) is 5.41 Å². The van der Waals surface area contributed by atoms with Gasteiger partial charge in [0.25, 0.3) is 0 Å². The standard InChI is InChI=1S/C10H19NO5S/c1-16-6-5-10(3-4-10)8-11-17(14,15)7-2-9(12)13/h11H,2-8H2,1H3,(H,12,13). The first-order valence-electron chi connectivity index (χ1n) is 5.57. The third kappa shape index (κ3) is 5.47. The quantitative estimate of drug-likeness (QED) is 0.621. The van der Waals surface area contributed by atoms with Gasteiger partial charge >= 0.3 is 5.97 Å². The Balaban J connectivity index is 2.31. The van der Waals surface area contributed by atoms with E-state index in [-0.39, 0.29) is 17.6 Å². The maximum atomic E-state index is 11.5. The Hall–Kier alpha value is -0.660. The minimum absolute atomic E-state index is 0.0340. The van der Waals surface area contributed by atoms with Crippen LogP contribution in [0.4, 0.5) is 0 Å². The lowest BCUT2D eigenvalue weighted by Gasteiger charge is -2.15. The van der Waals surface area contributed by atoms with Crippen molar-refractivity contribution < 1.29 is 23.1 Å². The van der Waals surface area contributed by atoms with Gasteiger partial charge in [-0.05, 0) is 24.7 Å². The number of sulfonamides is 1. The van der Waals surface area contributed by atoms with Crippen LogP contribution in [0.15, 0.2) is 0 Å². The van der Waals surface area contributed by atoms with Gasteiger partial charge in [-0.3, -0.25) is 4.79 Å². The second kappa shape index (κ2) is 5.79. The van der Waals surface area contributed by atoms with Crippen molar-refractivity contribution in [1.29, 1.82) is 0 Å². The lowest BCUT2D eigenvalue weighted by Crippen LogP contribution is -2.33. The van der Waals surface area contributed by atoms with E-state index in [0.717, 1.165) is 19.3 Å². The molecule has 0 atom stereocenters. The highest BCUT2D eigenvalue weighted by Gasteiger charge is 2.42. The molecule has 1 saturated carbocycles. The number of carbonyl (C=O) groups is 1. The van der Waals surface area contributed by atoms with E-state index in [2.05, 4.69) is 4.72 Å². The fourth-order valence-electron chi connectivity index (χ4n) is 1.57. The average molecular weight is 265 g/mol. The molecule has 0 spiro atoms. The van der Waals surface area contributed by atoms with Crippen molar-refractivity contribution in [3.05, 3.63) is 0 Å². The van der Waals surface area contributed by atoms with Crippen molar-refractivity contribution in [3.63, 3.8) is 0 Å². The van der Waals surface area contributed by atoms with Crippen LogP contribution in [0.1, 0.15) is 25.7 Å². The molecule has 0 aromatic rings. The normalized spacial score (nSPS) is 17.9. The van der Waals surface area contributed by atoms with Crippen LogP contribution in [0.25, 0.3) is 0 Å². The molecule has 0 unspecified atom stereocenters. The summed E-state index contributed by atoms with van der Waals surface area (Å²) in [5.41, 5.74) is 0.0340. The highest BCUT2D eigenvalue weighted by molar-refractivity contribution is 7.89. The Kier molecular flexibility index (Phi) is 4.91. The summed E-state index contributed by atoms with van der Waals surface area (Å²) in [5.74, 6) is -1.46. The number of hydrogen-bond donors (Lipinski definition) is 2. The topological polar surface area (TPSA) is 92.7 Å². The smallest absolute Gasteiger partial charge is 0.304 e. The predicted octanol–water partition coefficient (Wildman–Crippen LogP) is 0.197. The summed E-state index contributed by atoms with van der Waals surface area (Å²) >= 11 is 0. The minimum atomic E-state index is -3.47. The Bertz CT molecular complexity index is 361. The van der Waals surface area contributed by atoms with Gasteiger partial charge in [0, 0.05) is 20.3 Å². The molecule has 0 radical (unpaired) electrons. The summed E-state index contributed by atoms with van der Waals surface area (Å²) in [6.07, 6.45) is 2.47. The third-order valence-corrected chi connectivity index (χ3v) is 4.37. The maximum Gasteiger partial charge on any atom is 0.304 e. The second-order valence-corrected chi connectivity index (χ2v) is 6.45. The van der Waals surface area contributed by atoms with Gasteiger partial charge in [0.2, 0.25) is 10.0 Å². The number of hydrogen-bond acceptors (Lipinski definition) is 4. The molecule has 0 aliphatic heterocycles. The Morgan fingerprint density at radius 1 is 1.47 bits per heavy atom. The summed E-state index contributed by atoms with van der Waals surface area (Å²) in [6, 6.07) is 0. The molecule has 0 amide bonds. The van der Waals surface area contributed by atoms with Crippen molar-refractivity contribution in [1.82, 2.24) is 4.72 Å². The zero-order valence-electron chi connectivity index (χ0n) is 9.94. The van der Waals surface area contributed by atoms with E-state index in [1.54, 1.807) is 7.11 Å². The average Bonchev–Trinajstić information content (AvgIpc) is 3.02. The summed E-state index contributed by atoms with van der Waals surface area (Å²) < 4.78 is 30.4. The molecular weight excluding hydrogens is 246 g/mol. The van der Waals surface area contributed by atoms with Gasteiger partial charge in [0.05, 0.1) is 12.2 Å². The van der Waals surface area contributed by atoms with Crippen LogP contribution in [0.5, 0.6) is 0 Å². The van der Waals surface area contributed by atoms with Crippen molar-refractivity contribution in [2.75, 3.05) is 26.0 Å². The zero-order valence-corrected chi connectivity index (χ0v) is 10.8. The van der Waals surface area contributed by atoms with Gasteiger partial charge in [0.15, 0.2) is 0 Å². The maximum absolute atomic E-state index is 11.5. The van der Waals surface area contributed by atoms with Gasteiger partial charge in [0.1, 0.15) is 0 Å². The summed E-state index contributed by atoms with van der Waals surface area (Å²) in [7, 11) is -1.85. The number of carboxylic acid groups (broad SMARTS) is 1. The number of carboxylic acids is 1. The fourth-order valence-corrected chi connectivity index (χ4v) is 2.68. The lowest BCUT2D eigenvalue weighted by molar-refractivity contribution is -0.136. The highest BCUT2D eigenvalue weighted by Crippen LogP contribution is 2.48. The van der Waals surface area contributed by atoms with E-state index < -0.39 is 16.0 Å². The van der Waals surface area contributed by atoms with E-state index in [1.165, 1.54) is 0 Å². The SMILES string of the molecule is COCCC1(CNS(=O)(=O)CCC(=O)O)CC1. The molecule has 1 fully saturated rings. The van der Waals surface area contributed by atoms with Crippen molar-refractivity contribution in [2.45, 2.75) is 25.7 Å². The van der Waals surface area contributed by atoms with Crippen LogP contribution >= 0.6 is 0 Å². The first-order chi connectivity index (χ1) is 7.89. The molecule has 1 aliphatic rings. The van der Waals surface area contributed by atoms with Crippen LogP contribution < -0.4 is 4.72 Å². The fraction of sp³-hybridized carbons (Fsp3) is 0.900. The highest BCUT2D eigenvalue weighted by atomic mass is 32.2. The van der Waals surface area contributed by atoms with Crippen LogP contribution in [0.3, 0.4) is 0 Å². The molecule has 100 valence electrons. The largest absolute Gasteiger partial charge is 0.481 e. The molecule has 17 heavy (non-hydrogen) atoms. The summed E-state index contributed by atoms with van der Waals surface area (Å²) in [5, 5.41) is 8.42. The number of ether oxygens (including phenoxy) is 1. The van der Waals surface area contributed by atoms with Crippen LogP contribution in [-0.4, -0.2) is 45.5 Å². The molecule has 2 N–H and O–H groups in total. The molecule has 0 aromatic heterocycles. The van der Waals surface area contributed by atoms with Crippen LogP contribution in [-0.2, 0) is 19.6 Å². The Morgan fingerprint density at radius 2 is 2.12 bits per heavy atom. The molecule has 0 aromatic carbocycles. The summed E-state index contributed by atoms with van der Waals surface area (Å²) in [6.45, 7) is 1.01. The van der Waals surface area contributed by atoms with Crippen molar-refractivity contribution >= 4 is 16.0 Å². The molecule has 0 saturated heterocycles. The van der Waals surface area contributed by atoms with E-state index in [1.807, 2.05) is 0 Å². The van der Waals surface area contributed by atoms with Crippen LogP contribution in [0.2, 0.25) is 0 Å². The van der Waals surface area contributed by atoms with E-state index in [0.29, 0.717) is 13.2 Å². The minimum Gasteiger partial charge on any atom is -0.481 e. The molecular formula is C10H19NO5S. The third-order valence-electron chi connectivity index (χ3n) is 3.05. The molecule has 1 rings (SSSR count). The zero-order chi connectivity index (χ0) is 12.9. The van der Waals surface area contributed by atoms with Gasteiger partial charge in [-0.25, -0.2) is 13.1 Å². The molecule has 6 nitrogen and oxygen atoms in total. The van der Waals surface area contributed by atoms with Crippen molar-refractivity contribution in [3.8, 4) is 0 Å². The molecule has 0 bridgehead atoms. The number of nitrogens with one attached hydrogen (secondary N) is 1. The van der Waals surface area contributed by atoms with Gasteiger partial charge in [-0.2, -0.15) is 0 Å². The molecule has 0 heterocycles. The Labute approximate surface area is 101 Å². The van der Waals surface area contributed by atoms with E-state index in [4.69, 9.17) is 9.84 Å². The lowest BCUT2D eigenvalue weighted by atomic mass is 10.0. The van der Waals surface area contributed by atoms with E-state index >= 15 is 0 Å². The molecule has 7 heteroatoms. The Morgan fingerprint density at radius 3 is 2.59 bits per heavy atom. The van der Waals surface area contributed by atoms with Crippen LogP contribution in [0, 0.1) is 5.41 Å². The number of methoxy groups -OCH3 is 1. The molecule has 1 aliphatic carbocycles. The first kappa shape index (κ1) is 14.4. The second-order valence-electron chi connectivity index (χ2n) is 4.53. The number of aliphatic carboxylic acids is 1. The first-order valence-corrected chi connectivity index (χ1v) is 7.22.